The summed E-state index contributed by atoms with van der Waals surface area (Å²) in [5.41, 5.74) is 5.87. The Morgan fingerprint density at radius 2 is 0.833 bits per heavy atom. The van der Waals surface area contributed by atoms with E-state index in [1.165, 1.54) is 28.2 Å². The van der Waals surface area contributed by atoms with Gasteiger partial charge in [-0.3, -0.25) is 0 Å². The minimum atomic E-state index is 0. The molecule has 0 aromatic carbocycles. The number of hydrogen-bond donors (Lipinski definition) is 0. The molecule has 1 radical (unpaired) electrons. The Labute approximate surface area is 107 Å². The molecule has 2 heteroatoms. The first-order chi connectivity index (χ1) is 4.55. The zero-order valence-corrected chi connectivity index (χ0v) is 12.6. The molecule has 0 atom stereocenters. The van der Waals surface area contributed by atoms with Crippen LogP contribution in [-0.2, 0) is 21.1 Å². The molecule has 0 spiro atoms. The van der Waals surface area contributed by atoms with Gasteiger partial charge in [-0.15, -0.1) is 0 Å². The number of hydrogen-bond acceptors (Lipinski definition) is 0. The van der Waals surface area contributed by atoms with Gasteiger partial charge in [-0.25, -0.2) is 0 Å². The van der Waals surface area contributed by atoms with Crippen molar-refractivity contribution in [2.45, 2.75) is 34.6 Å². The van der Waals surface area contributed by atoms with Gasteiger partial charge < -0.3 is 24.0 Å². The Kier molecular flexibility index (Phi) is 7.16. The molecule has 0 unspecified atom stereocenters. The Bertz CT molecular complexity index is 202. The molecule has 0 N–H and O–H groups in total. The van der Waals surface area contributed by atoms with Gasteiger partial charge in [0.05, 0.1) is 0 Å². The Morgan fingerprint density at radius 3 is 0.917 bits per heavy atom. The van der Waals surface area contributed by atoms with Crippen molar-refractivity contribution in [3.05, 3.63) is 28.2 Å². The van der Waals surface area contributed by atoms with E-state index < -0.39 is 0 Å². The third-order valence-electron chi connectivity index (χ3n) is 2.81. The molecular weight excluding hydrogens is 442 g/mol. The fourth-order valence-electron chi connectivity index (χ4n) is 1.41. The van der Waals surface area contributed by atoms with Gasteiger partial charge in [-0.05, 0) is 38.8 Å². The van der Waals surface area contributed by atoms with Crippen molar-refractivity contribution < 1.29 is 45.0 Å². The first-order valence-corrected chi connectivity index (χ1v) is 3.75. The molecule has 0 aromatic heterocycles. The van der Waals surface area contributed by atoms with Crippen molar-refractivity contribution in [1.82, 2.24) is 0 Å². The molecule has 1 aliphatic rings. The molecule has 0 bridgehead atoms. The van der Waals surface area contributed by atoms with E-state index in [0.717, 1.165) is 0 Å². The monoisotopic (exact) mass is 457 g/mol. The molecule has 12 heavy (non-hydrogen) atoms. The summed E-state index contributed by atoms with van der Waals surface area (Å²) in [6.07, 6.45) is 0. The standard InChI is InChI=1S/C10H15.HI.Pt/c1-6-7(2)9(4)10(5)8(6)3;;/h1-5H3;1H;/p-1. The van der Waals surface area contributed by atoms with Crippen molar-refractivity contribution >= 4 is 0 Å². The molecule has 1 aliphatic carbocycles. The predicted molar refractivity (Wildman–Crippen MR) is 45.7 cm³/mol. The van der Waals surface area contributed by atoms with Crippen LogP contribution in [0.1, 0.15) is 34.6 Å². The summed E-state index contributed by atoms with van der Waals surface area (Å²) in [6, 6.07) is 0. The molecular formula is C10H15IPt-. The van der Waals surface area contributed by atoms with E-state index in [1.807, 2.05) is 0 Å². The second-order valence-corrected chi connectivity index (χ2v) is 3.12. The summed E-state index contributed by atoms with van der Waals surface area (Å²) < 4.78 is 0. The predicted octanol–water partition coefficient (Wildman–Crippen LogP) is 0.269. The maximum Gasteiger partial charge on any atom is 0.0226 e. The van der Waals surface area contributed by atoms with Gasteiger partial charge in [0.15, 0.2) is 0 Å². The molecule has 0 aliphatic heterocycles. The smallest absolute Gasteiger partial charge is 0.0226 e. The molecule has 0 saturated carbocycles. The molecule has 73 valence electrons. The third-order valence-corrected chi connectivity index (χ3v) is 2.81. The van der Waals surface area contributed by atoms with Crippen molar-refractivity contribution in [2.24, 2.45) is 0 Å². The minimum Gasteiger partial charge on any atom is -1.00 e. The van der Waals surface area contributed by atoms with E-state index in [1.54, 1.807) is 0 Å². The van der Waals surface area contributed by atoms with Crippen LogP contribution in [0.15, 0.2) is 22.3 Å². The summed E-state index contributed by atoms with van der Waals surface area (Å²) in [5.74, 6) is 1.47. The van der Waals surface area contributed by atoms with Gasteiger partial charge in [0, 0.05) is 27.0 Å². The zero-order chi connectivity index (χ0) is 7.89. The van der Waals surface area contributed by atoms with Crippen molar-refractivity contribution in [2.75, 3.05) is 0 Å². The average molecular weight is 457 g/mol. The van der Waals surface area contributed by atoms with Crippen molar-refractivity contribution in [1.29, 1.82) is 0 Å². The molecule has 0 amide bonds. The van der Waals surface area contributed by atoms with E-state index in [4.69, 9.17) is 0 Å². The number of halogens is 1. The molecule has 0 nitrogen and oxygen atoms in total. The van der Waals surface area contributed by atoms with Gasteiger partial charge in [0.2, 0.25) is 0 Å². The SMILES string of the molecule is C[C]1C(C)=C(C)C(C)=C1C.[I-].[Pt]. The second-order valence-electron chi connectivity index (χ2n) is 3.12. The van der Waals surface area contributed by atoms with E-state index in [9.17, 15) is 0 Å². The first kappa shape index (κ1) is 15.4. The zero-order valence-electron chi connectivity index (χ0n) is 8.19. The van der Waals surface area contributed by atoms with Crippen LogP contribution in [0.4, 0.5) is 0 Å². The van der Waals surface area contributed by atoms with Gasteiger partial charge in [-0.1, -0.05) is 18.1 Å². The van der Waals surface area contributed by atoms with Gasteiger partial charge >= 0.3 is 0 Å². The average Bonchev–Trinajstić information content (AvgIpc) is 2.07. The van der Waals surface area contributed by atoms with Crippen LogP contribution in [0.5, 0.6) is 0 Å². The van der Waals surface area contributed by atoms with E-state index in [2.05, 4.69) is 34.6 Å². The number of allylic oxidation sites excluding steroid dienone is 4. The summed E-state index contributed by atoms with van der Waals surface area (Å²) in [4.78, 5) is 0. The molecule has 0 heterocycles. The quantitative estimate of drug-likeness (QED) is 0.459. The normalized spacial score (nSPS) is 17.8. The fraction of sp³-hybridized carbons (Fsp3) is 0.500. The minimum absolute atomic E-state index is 0. The molecule has 0 aromatic rings. The summed E-state index contributed by atoms with van der Waals surface area (Å²) in [6.45, 7) is 11.0. The van der Waals surface area contributed by atoms with Crippen molar-refractivity contribution in [3.8, 4) is 0 Å². The van der Waals surface area contributed by atoms with Crippen LogP contribution in [-0.4, -0.2) is 0 Å². The molecule has 0 fully saturated rings. The first-order valence-electron chi connectivity index (χ1n) is 3.75. The topological polar surface area (TPSA) is 0 Å². The molecule has 1 rings (SSSR count). The number of rotatable bonds is 0. The Hall–Kier alpha value is 0.898. The third kappa shape index (κ3) is 2.44. The van der Waals surface area contributed by atoms with Crippen LogP contribution in [0, 0.1) is 5.92 Å². The maximum absolute atomic E-state index is 2.20. The van der Waals surface area contributed by atoms with Crippen LogP contribution in [0.3, 0.4) is 0 Å². The van der Waals surface area contributed by atoms with Gasteiger partial charge in [0.1, 0.15) is 0 Å². The second kappa shape index (κ2) is 5.59. The van der Waals surface area contributed by atoms with E-state index >= 15 is 0 Å². The van der Waals surface area contributed by atoms with Crippen LogP contribution in [0.25, 0.3) is 0 Å². The van der Waals surface area contributed by atoms with Crippen molar-refractivity contribution in [3.63, 3.8) is 0 Å². The van der Waals surface area contributed by atoms with Crippen LogP contribution in [0.2, 0.25) is 0 Å². The maximum atomic E-state index is 2.20. The van der Waals surface area contributed by atoms with Crippen LogP contribution < -0.4 is 24.0 Å². The Morgan fingerprint density at radius 1 is 0.583 bits per heavy atom. The van der Waals surface area contributed by atoms with E-state index in [-0.39, 0.29) is 45.0 Å². The van der Waals surface area contributed by atoms with Gasteiger partial charge in [-0.2, -0.15) is 0 Å². The Balaban J connectivity index is 0. The summed E-state index contributed by atoms with van der Waals surface area (Å²) in [5, 5.41) is 0. The van der Waals surface area contributed by atoms with Crippen LogP contribution >= 0.6 is 0 Å². The van der Waals surface area contributed by atoms with E-state index in [0.29, 0.717) is 0 Å². The summed E-state index contributed by atoms with van der Waals surface area (Å²) in [7, 11) is 0. The summed E-state index contributed by atoms with van der Waals surface area (Å²) >= 11 is 0. The van der Waals surface area contributed by atoms with Gasteiger partial charge in [0.25, 0.3) is 0 Å². The molecule has 0 saturated heterocycles. The largest absolute Gasteiger partial charge is 1.00 e. The fourth-order valence-corrected chi connectivity index (χ4v) is 1.41.